The van der Waals surface area contributed by atoms with Crippen molar-refractivity contribution in [3.8, 4) is 0 Å². The highest BCUT2D eigenvalue weighted by molar-refractivity contribution is 9.10. The molecule has 0 bridgehead atoms. The third-order valence-corrected chi connectivity index (χ3v) is 2.12. The Bertz CT molecular complexity index is 360. The maximum Gasteiger partial charge on any atom is 0.124 e. The fourth-order valence-electron chi connectivity index (χ4n) is 0.848. The molecular formula is C9H7BrOS2. The Hall–Kier alpha value is -0.320. The molecule has 1 rings (SSSR count). The number of aliphatic hydroxyl groups excluding tert-OH is 1. The molecule has 1 aromatic rings. The second-order valence-electron chi connectivity index (χ2n) is 2.38. The van der Waals surface area contributed by atoms with E-state index < -0.39 is 0 Å². The molecule has 0 saturated carbocycles. The first-order valence-electron chi connectivity index (χ1n) is 3.49. The monoisotopic (exact) mass is 274 g/mol. The van der Waals surface area contributed by atoms with Gasteiger partial charge in [-0.1, -0.05) is 40.3 Å². The number of rotatable bonds is 2. The van der Waals surface area contributed by atoms with Crippen molar-refractivity contribution in [1.29, 1.82) is 0 Å². The molecule has 0 saturated heterocycles. The van der Waals surface area contributed by atoms with Gasteiger partial charge in [-0.3, -0.25) is 0 Å². The highest BCUT2D eigenvalue weighted by Crippen LogP contribution is 2.17. The predicted molar refractivity (Wildman–Crippen MR) is 66.3 cm³/mol. The zero-order chi connectivity index (χ0) is 9.84. The summed E-state index contributed by atoms with van der Waals surface area (Å²) in [6, 6.07) is 7.32. The van der Waals surface area contributed by atoms with Crippen molar-refractivity contribution in [3.63, 3.8) is 0 Å². The number of halogens is 1. The lowest BCUT2D eigenvalue weighted by atomic mass is 10.2. The standard InChI is InChI=1S/C9H7BrOS2/c10-7-3-1-2-6(4-7)8(11)5-9(12)13/h1-5,11H,(H,12,13)/b8-5-. The molecule has 1 N–H and O–H groups in total. The van der Waals surface area contributed by atoms with Crippen molar-refractivity contribution in [1.82, 2.24) is 0 Å². The van der Waals surface area contributed by atoms with Crippen LogP contribution in [0, 0.1) is 0 Å². The summed E-state index contributed by atoms with van der Waals surface area (Å²) in [6.07, 6.45) is 1.43. The molecule has 0 aliphatic carbocycles. The van der Waals surface area contributed by atoms with Crippen LogP contribution in [0.2, 0.25) is 0 Å². The number of hydrogen-bond donors (Lipinski definition) is 2. The molecule has 0 unspecified atom stereocenters. The van der Waals surface area contributed by atoms with Crippen molar-refractivity contribution in [2.24, 2.45) is 0 Å². The molecular weight excluding hydrogens is 268 g/mol. The first-order valence-corrected chi connectivity index (χ1v) is 5.14. The summed E-state index contributed by atoms with van der Waals surface area (Å²) >= 11 is 11.9. The van der Waals surface area contributed by atoms with Gasteiger partial charge < -0.3 is 5.11 Å². The number of thiocarbonyl (C=S) groups is 1. The van der Waals surface area contributed by atoms with E-state index >= 15 is 0 Å². The van der Waals surface area contributed by atoms with Gasteiger partial charge in [0.05, 0.1) is 4.20 Å². The summed E-state index contributed by atoms with van der Waals surface area (Å²) in [4.78, 5) is 0. The normalized spacial score (nSPS) is 11.4. The Morgan fingerprint density at radius 3 is 2.77 bits per heavy atom. The van der Waals surface area contributed by atoms with Crippen LogP contribution in [-0.4, -0.2) is 9.30 Å². The molecule has 0 heterocycles. The van der Waals surface area contributed by atoms with Gasteiger partial charge in [0.15, 0.2) is 0 Å². The zero-order valence-electron chi connectivity index (χ0n) is 6.57. The third kappa shape index (κ3) is 3.50. The van der Waals surface area contributed by atoms with Gasteiger partial charge >= 0.3 is 0 Å². The minimum atomic E-state index is 0.126. The molecule has 68 valence electrons. The van der Waals surface area contributed by atoms with Gasteiger partial charge in [-0.2, -0.15) is 0 Å². The predicted octanol–water partition coefficient (Wildman–Crippen LogP) is 3.61. The molecule has 1 aromatic carbocycles. The second-order valence-corrected chi connectivity index (χ2v) is 4.52. The van der Waals surface area contributed by atoms with Crippen LogP contribution in [0.3, 0.4) is 0 Å². The van der Waals surface area contributed by atoms with Crippen molar-refractivity contribution in [2.45, 2.75) is 0 Å². The van der Waals surface area contributed by atoms with Crippen molar-refractivity contribution in [3.05, 3.63) is 40.4 Å². The molecule has 0 fully saturated rings. The Balaban J connectivity index is 3.02. The highest BCUT2D eigenvalue weighted by atomic mass is 79.9. The van der Waals surface area contributed by atoms with Crippen LogP contribution in [0.25, 0.3) is 5.76 Å². The Labute approximate surface area is 96.0 Å². The quantitative estimate of drug-likeness (QED) is 0.372. The summed E-state index contributed by atoms with van der Waals surface area (Å²) in [5, 5.41) is 9.52. The van der Waals surface area contributed by atoms with E-state index in [0.717, 1.165) is 4.47 Å². The van der Waals surface area contributed by atoms with E-state index in [1.807, 2.05) is 12.1 Å². The Kier molecular flexibility index (Phi) is 3.96. The van der Waals surface area contributed by atoms with Crippen LogP contribution < -0.4 is 0 Å². The van der Waals surface area contributed by atoms with Gasteiger partial charge in [-0.25, -0.2) is 0 Å². The average Bonchev–Trinajstić information content (AvgIpc) is 2.03. The molecule has 1 nitrogen and oxygen atoms in total. The van der Waals surface area contributed by atoms with Crippen LogP contribution in [-0.2, 0) is 0 Å². The van der Waals surface area contributed by atoms with Gasteiger partial charge in [0.1, 0.15) is 5.76 Å². The molecule has 0 aliphatic heterocycles. The van der Waals surface area contributed by atoms with Gasteiger partial charge in [0.25, 0.3) is 0 Å². The van der Waals surface area contributed by atoms with Crippen LogP contribution in [0.4, 0.5) is 0 Å². The second kappa shape index (κ2) is 4.79. The lowest BCUT2D eigenvalue weighted by Crippen LogP contribution is -1.85. The summed E-state index contributed by atoms with van der Waals surface area (Å²) in [5.74, 6) is 0.126. The highest BCUT2D eigenvalue weighted by Gasteiger charge is 1.98. The van der Waals surface area contributed by atoms with Crippen LogP contribution in [0.5, 0.6) is 0 Å². The minimum Gasteiger partial charge on any atom is -0.507 e. The fraction of sp³-hybridized carbons (Fsp3) is 0. The van der Waals surface area contributed by atoms with Gasteiger partial charge in [-0.05, 0) is 12.1 Å². The zero-order valence-corrected chi connectivity index (χ0v) is 9.86. The van der Waals surface area contributed by atoms with E-state index in [1.54, 1.807) is 12.1 Å². The largest absolute Gasteiger partial charge is 0.507 e. The first-order chi connectivity index (χ1) is 6.09. The Morgan fingerprint density at radius 1 is 1.54 bits per heavy atom. The van der Waals surface area contributed by atoms with Crippen molar-refractivity contribution >= 4 is 50.7 Å². The molecule has 0 radical (unpaired) electrons. The summed E-state index contributed by atoms with van der Waals surface area (Å²) in [5.41, 5.74) is 0.714. The SMILES string of the molecule is O/C(=C\C(=S)S)c1cccc(Br)c1. The maximum atomic E-state index is 9.52. The van der Waals surface area contributed by atoms with E-state index in [-0.39, 0.29) is 5.76 Å². The number of aliphatic hydroxyl groups is 1. The van der Waals surface area contributed by atoms with Crippen LogP contribution >= 0.6 is 40.8 Å². The topological polar surface area (TPSA) is 20.2 Å². The van der Waals surface area contributed by atoms with E-state index in [0.29, 0.717) is 9.76 Å². The summed E-state index contributed by atoms with van der Waals surface area (Å²) in [7, 11) is 0. The molecule has 0 aromatic heterocycles. The fourth-order valence-corrected chi connectivity index (χ4v) is 1.48. The molecule has 0 atom stereocenters. The molecule has 0 spiro atoms. The summed E-state index contributed by atoms with van der Waals surface area (Å²) < 4.78 is 1.27. The van der Waals surface area contributed by atoms with Crippen LogP contribution in [0.1, 0.15) is 5.56 Å². The van der Waals surface area contributed by atoms with Crippen molar-refractivity contribution < 1.29 is 5.11 Å². The minimum absolute atomic E-state index is 0.126. The van der Waals surface area contributed by atoms with Crippen molar-refractivity contribution in [2.75, 3.05) is 0 Å². The third-order valence-electron chi connectivity index (χ3n) is 1.38. The van der Waals surface area contributed by atoms with Crippen LogP contribution in [0.15, 0.2) is 34.8 Å². The summed E-state index contributed by atoms with van der Waals surface area (Å²) in [6.45, 7) is 0. The number of hydrogen-bond acceptors (Lipinski definition) is 2. The lowest BCUT2D eigenvalue weighted by Gasteiger charge is -1.99. The molecule has 0 amide bonds. The molecule has 4 heteroatoms. The van der Waals surface area contributed by atoms with Gasteiger partial charge in [0, 0.05) is 16.1 Å². The van der Waals surface area contributed by atoms with Gasteiger partial charge in [0.2, 0.25) is 0 Å². The van der Waals surface area contributed by atoms with E-state index in [4.69, 9.17) is 12.2 Å². The molecule has 13 heavy (non-hydrogen) atoms. The molecule has 0 aliphatic rings. The maximum absolute atomic E-state index is 9.52. The average molecular weight is 275 g/mol. The number of benzene rings is 1. The van der Waals surface area contributed by atoms with E-state index in [1.165, 1.54) is 6.08 Å². The van der Waals surface area contributed by atoms with E-state index in [2.05, 4.69) is 28.6 Å². The smallest absolute Gasteiger partial charge is 0.124 e. The lowest BCUT2D eigenvalue weighted by molar-refractivity contribution is 0.512. The number of thiol groups is 1. The van der Waals surface area contributed by atoms with Gasteiger partial charge in [-0.15, -0.1) is 12.6 Å². The first kappa shape index (κ1) is 10.8. The van der Waals surface area contributed by atoms with E-state index in [9.17, 15) is 5.11 Å². The Morgan fingerprint density at radius 2 is 2.23 bits per heavy atom.